The summed E-state index contributed by atoms with van der Waals surface area (Å²) in [6.45, 7) is 1.66. The number of ketones is 2. The van der Waals surface area contributed by atoms with E-state index in [2.05, 4.69) is 4.98 Å². The molecule has 0 spiro atoms. The minimum absolute atomic E-state index is 0.140. The number of aromatic nitrogens is 1. The fourth-order valence-corrected chi connectivity index (χ4v) is 2.52. The maximum absolute atomic E-state index is 12.5. The number of carbonyl (C=O) groups excluding carboxylic acids is 2. The molecule has 2 aliphatic rings. The normalized spacial score (nSPS) is 16.6. The van der Waals surface area contributed by atoms with Gasteiger partial charge in [-0.1, -0.05) is 30.3 Å². The molecule has 0 unspecified atom stereocenters. The van der Waals surface area contributed by atoms with Gasteiger partial charge in [0, 0.05) is 24.7 Å². The summed E-state index contributed by atoms with van der Waals surface area (Å²) in [6.07, 6.45) is 1.43. The molecule has 0 radical (unpaired) electrons. The lowest BCUT2D eigenvalue weighted by atomic mass is 9.96. The first kappa shape index (κ1) is 12.0. The van der Waals surface area contributed by atoms with E-state index in [1.54, 1.807) is 12.1 Å². The highest BCUT2D eigenvalue weighted by Crippen LogP contribution is 2.28. The Labute approximate surface area is 121 Å². The van der Waals surface area contributed by atoms with Crippen molar-refractivity contribution in [3.8, 4) is 11.3 Å². The van der Waals surface area contributed by atoms with Crippen LogP contribution in [0.2, 0.25) is 0 Å². The van der Waals surface area contributed by atoms with Crippen LogP contribution in [0.15, 0.2) is 54.2 Å². The Bertz CT molecular complexity index is 790. The Morgan fingerprint density at radius 1 is 0.952 bits per heavy atom. The number of pyridine rings is 1. The lowest BCUT2D eigenvalue weighted by Gasteiger charge is -2.16. The average molecular weight is 276 g/mol. The molecule has 1 aromatic carbocycles. The van der Waals surface area contributed by atoms with Crippen LogP contribution >= 0.6 is 0 Å². The van der Waals surface area contributed by atoms with Crippen molar-refractivity contribution in [2.45, 2.75) is 0 Å². The first-order valence-corrected chi connectivity index (χ1v) is 6.86. The highest BCUT2D eigenvalue weighted by atomic mass is 16.1. The third kappa shape index (κ3) is 1.96. The van der Waals surface area contributed by atoms with Crippen LogP contribution in [0.25, 0.3) is 11.3 Å². The molecule has 4 heteroatoms. The maximum atomic E-state index is 12.5. The van der Waals surface area contributed by atoms with Gasteiger partial charge in [0.05, 0.1) is 17.0 Å². The highest BCUT2D eigenvalue weighted by Gasteiger charge is 2.34. The van der Waals surface area contributed by atoms with E-state index in [0.717, 1.165) is 18.7 Å². The average Bonchev–Trinajstić information content (AvgIpc) is 3.36. The lowest BCUT2D eigenvalue weighted by molar-refractivity contribution is 0.0966. The van der Waals surface area contributed by atoms with Crippen molar-refractivity contribution in [3.05, 3.63) is 65.5 Å². The van der Waals surface area contributed by atoms with Crippen molar-refractivity contribution in [1.29, 1.82) is 0 Å². The van der Waals surface area contributed by atoms with Crippen LogP contribution < -0.4 is 0 Å². The van der Waals surface area contributed by atoms with E-state index >= 15 is 0 Å². The van der Waals surface area contributed by atoms with Crippen LogP contribution in [0.1, 0.15) is 20.8 Å². The summed E-state index contributed by atoms with van der Waals surface area (Å²) in [6, 6.07) is 13.1. The number of nitrogens with zero attached hydrogens (tertiary/aromatic N) is 2. The van der Waals surface area contributed by atoms with Crippen LogP contribution in [0, 0.1) is 0 Å². The highest BCUT2D eigenvalue weighted by molar-refractivity contribution is 6.23. The van der Waals surface area contributed by atoms with Gasteiger partial charge in [-0.3, -0.25) is 9.59 Å². The van der Waals surface area contributed by atoms with Crippen LogP contribution in [-0.2, 0) is 0 Å². The number of carbonyl (C=O) groups is 2. The van der Waals surface area contributed by atoms with Gasteiger partial charge in [-0.15, -0.1) is 0 Å². The van der Waals surface area contributed by atoms with E-state index in [4.69, 9.17) is 0 Å². The van der Waals surface area contributed by atoms with Gasteiger partial charge in [0.25, 0.3) is 0 Å². The van der Waals surface area contributed by atoms with Gasteiger partial charge in [-0.05, 0) is 12.1 Å². The Morgan fingerprint density at radius 3 is 2.43 bits per heavy atom. The van der Waals surface area contributed by atoms with E-state index < -0.39 is 0 Å². The molecule has 0 bridgehead atoms. The molecule has 4 rings (SSSR count). The van der Waals surface area contributed by atoms with Crippen molar-refractivity contribution in [2.75, 3.05) is 13.1 Å². The molecule has 0 N–H and O–H groups in total. The van der Waals surface area contributed by atoms with Crippen molar-refractivity contribution in [1.82, 2.24) is 9.88 Å². The third-order valence-corrected chi connectivity index (χ3v) is 3.73. The zero-order chi connectivity index (χ0) is 14.4. The van der Waals surface area contributed by atoms with Crippen LogP contribution in [-0.4, -0.2) is 34.5 Å². The number of rotatable bonds is 2. The summed E-state index contributed by atoms with van der Waals surface area (Å²) in [5.74, 6) is -0.293. The van der Waals surface area contributed by atoms with Crippen LogP contribution in [0.4, 0.5) is 0 Å². The first-order chi connectivity index (χ1) is 10.2. The number of benzene rings is 1. The minimum atomic E-state index is -0.153. The molecule has 1 aromatic heterocycles. The van der Waals surface area contributed by atoms with E-state index in [9.17, 15) is 9.59 Å². The molecule has 1 fully saturated rings. The van der Waals surface area contributed by atoms with E-state index in [-0.39, 0.29) is 17.3 Å². The third-order valence-electron chi connectivity index (χ3n) is 3.73. The van der Waals surface area contributed by atoms with E-state index in [1.165, 1.54) is 6.08 Å². The molecule has 0 saturated carbocycles. The van der Waals surface area contributed by atoms with E-state index in [0.29, 0.717) is 17.0 Å². The quantitative estimate of drug-likeness (QED) is 0.790. The van der Waals surface area contributed by atoms with Crippen molar-refractivity contribution >= 4 is 11.6 Å². The largest absolute Gasteiger partial charge is 0.365 e. The molecule has 4 nitrogen and oxygen atoms in total. The summed E-state index contributed by atoms with van der Waals surface area (Å²) in [4.78, 5) is 31.0. The smallest absolute Gasteiger partial charge is 0.228 e. The second-order valence-corrected chi connectivity index (χ2v) is 5.17. The lowest BCUT2D eigenvalue weighted by Crippen LogP contribution is -2.22. The number of fused-ring (bicyclic) bond motifs is 1. The molecule has 0 atom stereocenters. The van der Waals surface area contributed by atoms with Gasteiger partial charge in [0.1, 0.15) is 5.69 Å². The second kappa shape index (κ2) is 4.38. The van der Waals surface area contributed by atoms with Gasteiger partial charge >= 0.3 is 0 Å². The SMILES string of the molecule is O=C1C=C(N2CC2)C(=O)c2nc(-c3ccccc3)ccc21. The number of hydrogen-bond acceptors (Lipinski definition) is 4. The van der Waals surface area contributed by atoms with Gasteiger partial charge in [-0.2, -0.15) is 0 Å². The molecule has 0 amide bonds. The molecule has 2 aromatic rings. The topological polar surface area (TPSA) is 50.0 Å². The summed E-state index contributed by atoms with van der Waals surface area (Å²) in [5, 5.41) is 0. The van der Waals surface area contributed by atoms with Gasteiger partial charge in [-0.25, -0.2) is 4.98 Å². The fourth-order valence-electron chi connectivity index (χ4n) is 2.52. The number of hydrogen-bond donors (Lipinski definition) is 0. The van der Waals surface area contributed by atoms with Gasteiger partial charge < -0.3 is 4.90 Å². The molecular formula is C17H12N2O2. The molecule has 1 aliphatic heterocycles. The zero-order valence-corrected chi connectivity index (χ0v) is 11.2. The maximum Gasteiger partial charge on any atom is 0.228 e. The zero-order valence-electron chi connectivity index (χ0n) is 11.2. The standard InChI is InChI=1S/C17H12N2O2/c20-15-10-14(19-8-9-19)17(21)16-12(15)6-7-13(18-16)11-4-2-1-3-5-11/h1-7,10H,8-9H2. The predicted octanol–water partition coefficient (Wildman–Crippen LogP) is 2.33. The molecule has 21 heavy (non-hydrogen) atoms. The molecule has 1 aliphatic carbocycles. The summed E-state index contributed by atoms with van der Waals surface area (Å²) >= 11 is 0. The summed E-state index contributed by atoms with van der Waals surface area (Å²) in [5.41, 5.74) is 2.78. The number of allylic oxidation sites excluding steroid dienone is 2. The van der Waals surface area contributed by atoms with Crippen LogP contribution in [0.5, 0.6) is 0 Å². The summed E-state index contributed by atoms with van der Waals surface area (Å²) in [7, 11) is 0. The Hall–Kier alpha value is -2.75. The Balaban J connectivity index is 1.83. The Kier molecular flexibility index (Phi) is 2.51. The molecule has 2 heterocycles. The van der Waals surface area contributed by atoms with Crippen molar-refractivity contribution in [3.63, 3.8) is 0 Å². The van der Waals surface area contributed by atoms with Crippen molar-refractivity contribution < 1.29 is 9.59 Å². The molecular weight excluding hydrogens is 264 g/mol. The molecule has 1 saturated heterocycles. The second-order valence-electron chi connectivity index (χ2n) is 5.17. The molecule has 102 valence electrons. The van der Waals surface area contributed by atoms with E-state index in [1.807, 2.05) is 35.2 Å². The monoisotopic (exact) mass is 276 g/mol. The minimum Gasteiger partial charge on any atom is -0.365 e. The number of Topliss-reactive ketones (excluding diaryl/α,β-unsaturated/α-hetero) is 1. The predicted molar refractivity (Wildman–Crippen MR) is 78.0 cm³/mol. The van der Waals surface area contributed by atoms with Gasteiger partial charge in [0.2, 0.25) is 5.78 Å². The van der Waals surface area contributed by atoms with Gasteiger partial charge in [0.15, 0.2) is 5.78 Å². The fraction of sp³-hybridized carbons (Fsp3) is 0.118. The van der Waals surface area contributed by atoms with Crippen molar-refractivity contribution in [2.24, 2.45) is 0 Å². The first-order valence-electron chi connectivity index (χ1n) is 6.86. The van der Waals surface area contributed by atoms with Crippen LogP contribution in [0.3, 0.4) is 0 Å². The summed E-state index contributed by atoms with van der Waals surface area (Å²) < 4.78 is 0. The Morgan fingerprint density at radius 2 is 1.71 bits per heavy atom.